The zero-order valence-corrected chi connectivity index (χ0v) is 45.8. The lowest BCUT2D eigenvalue weighted by molar-refractivity contribution is -0.369. The number of allylic oxidation sites excluding steroid dienone is 2. The zero-order valence-electron chi connectivity index (χ0n) is 44.9. The predicted octanol–water partition coefficient (Wildman–Crippen LogP) is -2.54. The van der Waals surface area contributed by atoms with E-state index in [1.165, 1.54) is 0 Å². The van der Waals surface area contributed by atoms with Gasteiger partial charge in [-0.05, 0) is 38.5 Å². The molecule has 3 heterocycles. The van der Waals surface area contributed by atoms with Crippen molar-refractivity contribution in [2.24, 2.45) is 0 Å². The molecule has 3 rings (SSSR count). The van der Waals surface area contributed by atoms with Gasteiger partial charge < -0.3 is 99.6 Å². The van der Waals surface area contributed by atoms with Crippen molar-refractivity contribution in [3.63, 3.8) is 0 Å². The fraction of sp³-hybridized carbons (Fsp3) is 0.796. The summed E-state index contributed by atoms with van der Waals surface area (Å²) < 4.78 is 67.5. The summed E-state index contributed by atoms with van der Waals surface area (Å²) in [4.78, 5) is 83.8. The Kier molecular flexibility index (Phi) is 32.0. The number of unbranched alkanes of at least 4 members (excludes halogenated alkanes) is 2. The highest BCUT2D eigenvalue weighted by molar-refractivity contribution is 7.47. The van der Waals surface area contributed by atoms with Gasteiger partial charge in [-0.1, -0.05) is 38.2 Å². The molecule has 8 unspecified atom stereocenters. The third-order valence-electron chi connectivity index (χ3n) is 12.3. The summed E-state index contributed by atoms with van der Waals surface area (Å²) in [5.74, 6) is -3.10. The molecule has 17 atom stereocenters. The molecule has 0 aromatic rings. The first kappa shape index (κ1) is 69.3. The van der Waals surface area contributed by atoms with Crippen LogP contribution in [0.1, 0.15) is 98.3 Å². The fourth-order valence-corrected chi connectivity index (χ4v) is 9.04. The largest absolute Gasteiger partial charge is 0.472 e. The van der Waals surface area contributed by atoms with Crippen LogP contribution < -0.4 is 16.0 Å². The number of aliphatic hydroxyl groups excluding tert-OH is 8. The number of esters is 2. The number of amides is 3. The maximum Gasteiger partial charge on any atom is 0.472 e. The first-order chi connectivity index (χ1) is 37.6. The lowest BCUT2D eigenvalue weighted by atomic mass is 9.94. The van der Waals surface area contributed by atoms with Crippen LogP contribution in [0.25, 0.3) is 0 Å². The van der Waals surface area contributed by atoms with Crippen molar-refractivity contribution in [3.8, 4) is 0 Å². The van der Waals surface area contributed by atoms with Crippen molar-refractivity contribution in [1.29, 1.82) is 0 Å². The minimum absolute atomic E-state index is 0.0204. The lowest BCUT2D eigenvalue weighted by Crippen LogP contribution is -2.69. The van der Waals surface area contributed by atoms with Gasteiger partial charge in [0.05, 0.1) is 45.9 Å². The van der Waals surface area contributed by atoms with Gasteiger partial charge in [-0.25, -0.2) is 4.57 Å². The van der Waals surface area contributed by atoms with E-state index in [-0.39, 0.29) is 51.0 Å². The second-order valence-electron chi connectivity index (χ2n) is 18.8. The quantitative estimate of drug-likeness (QED) is 0.0133. The minimum Gasteiger partial charge on any atom is -0.461 e. The fourth-order valence-electron chi connectivity index (χ4n) is 8.29. The average Bonchev–Trinajstić information content (AvgIpc) is 3.45. The number of ketones is 1. The van der Waals surface area contributed by atoms with Crippen molar-refractivity contribution in [2.75, 3.05) is 52.8 Å². The molecule has 454 valence electrons. The Morgan fingerprint density at radius 2 is 1.14 bits per heavy atom. The molecule has 79 heavy (non-hydrogen) atoms. The second kappa shape index (κ2) is 36.5. The van der Waals surface area contributed by atoms with Gasteiger partial charge >= 0.3 is 19.8 Å². The summed E-state index contributed by atoms with van der Waals surface area (Å²) in [5, 5.41) is 92.8. The highest BCUT2D eigenvalue weighted by atomic mass is 31.2. The Morgan fingerprint density at radius 1 is 0.595 bits per heavy atom. The number of nitrogens with one attached hydrogen (secondary N) is 3. The van der Waals surface area contributed by atoms with Gasteiger partial charge in [0.2, 0.25) is 17.7 Å². The number of phosphoric acid groups is 1. The Hall–Kier alpha value is -3.95. The molecular weight excluding hydrogens is 1080 g/mol. The number of rotatable bonds is 36. The predicted molar refractivity (Wildman–Crippen MR) is 269 cm³/mol. The Bertz CT molecular complexity index is 1990. The number of phosphoric ester groups is 1. The van der Waals surface area contributed by atoms with Crippen molar-refractivity contribution in [1.82, 2.24) is 16.0 Å². The van der Waals surface area contributed by atoms with Crippen LogP contribution in [0.5, 0.6) is 0 Å². The van der Waals surface area contributed by atoms with E-state index in [9.17, 15) is 79.1 Å². The third-order valence-corrected chi connectivity index (χ3v) is 13.3. The van der Waals surface area contributed by atoms with E-state index >= 15 is 0 Å². The van der Waals surface area contributed by atoms with Gasteiger partial charge in [0.25, 0.3) is 0 Å². The summed E-state index contributed by atoms with van der Waals surface area (Å²) in [6.07, 6.45) is -13.1. The van der Waals surface area contributed by atoms with Crippen LogP contribution in [0.15, 0.2) is 24.3 Å². The van der Waals surface area contributed by atoms with E-state index in [1.54, 1.807) is 24.3 Å². The average molecular weight is 1160 g/mol. The summed E-state index contributed by atoms with van der Waals surface area (Å²) in [7, 11) is -4.69. The normalized spacial score (nSPS) is 30.3. The van der Waals surface area contributed by atoms with E-state index in [2.05, 4.69) is 16.0 Å². The smallest absolute Gasteiger partial charge is 0.461 e. The molecule has 3 aliphatic heterocycles. The third kappa shape index (κ3) is 24.2. The molecule has 3 aliphatic rings. The van der Waals surface area contributed by atoms with Crippen LogP contribution in [-0.2, 0) is 80.3 Å². The Labute approximate surface area is 457 Å². The lowest BCUT2D eigenvalue weighted by Gasteiger charge is -2.49. The first-order valence-corrected chi connectivity index (χ1v) is 27.8. The van der Waals surface area contributed by atoms with E-state index in [4.69, 9.17) is 46.9 Å². The van der Waals surface area contributed by atoms with E-state index in [0.29, 0.717) is 38.5 Å². The number of hydrogen-bond acceptors (Lipinski definition) is 25. The molecule has 3 fully saturated rings. The molecule has 29 nitrogen and oxygen atoms in total. The topological polar surface area (TPSA) is 430 Å². The molecule has 0 aromatic carbocycles. The Balaban J connectivity index is 1.43. The van der Waals surface area contributed by atoms with Crippen LogP contribution >= 0.6 is 7.82 Å². The highest BCUT2D eigenvalue weighted by Crippen LogP contribution is 2.43. The number of Topliss-reactive ketones (excluding diaryl/α,β-unsaturated/α-hetero) is 1. The van der Waals surface area contributed by atoms with E-state index < -0.39 is 175 Å². The molecule has 30 heteroatoms. The van der Waals surface area contributed by atoms with Gasteiger partial charge in [-0.15, -0.1) is 0 Å². The maximum absolute atomic E-state index is 12.6. The molecule has 0 radical (unpaired) electrons. The zero-order chi connectivity index (χ0) is 58.7. The SMILES string of the molecule is CC/C=C\CC(=O)OCC(COP(=O)(O)OCCNC(=O)CCCCC(=O)CCCCO[C@@H]1OC(CO)[C@@H](O[C@@H]2OC(CO)[C@H](O)[C@H](O[C@@H]3OC(CO)[C@H](O)[C@H](O)C3NC(C)=O)C2O)[C@H](O)C1NC(C)=O)OC(=O)C/C=C\CC. The number of carbonyl (C=O) groups excluding carboxylic acids is 6. The van der Waals surface area contributed by atoms with E-state index in [1.807, 2.05) is 13.8 Å². The summed E-state index contributed by atoms with van der Waals surface area (Å²) in [5.41, 5.74) is 0. The second-order valence-corrected chi connectivity index (χ2v) is 20.2. The van der Waals surface area contributed by atoms with E-state index in [0.717, 1.165) is 13.8 Å². The molecule has 3 saturated heterocycles. The van der Waals surface area contributed by atoms with Crippen LogP contribution in [0.2, 0.25) is 0 Å². The molecule has 12 N–H and O–H groups in total. The summed E-state index contributed by atoms with van der Waals surface area (Å²) in [6.45, 7) is 1.84. The number of carbonyl (C=O) groups is 6. The molecule has 0 spiro atoms. The number of hydrogen-bond donors (Lipinski definition) is 12. The summed E-state index contributed by atoms with van der Waals surface area (Å²) in [6, 6.07) is -2.84. The van der Waals surface area contributed by atoms with Crippen molar-refractivity contribution in [2.45, 2.75) is 196 Å². The molecule has 3 amide bonds. The monoisotopic (exact) mass is 1160 g/mol. The van der Waals surface area contributed by atoms with Gasteiger partial charge in [-0.3, -0.25) is 37.8 Å². The van der Waals surface area contributed by atoms with Crippen LogP contribution in [0.3, 0.4) is 0 Å². The van der Waals surface area contributed by atoms with Crippen LogP contribution in [0.4, 0.5) is 0 Å². The number of aliphatic hydroxyl groups is 8. The first-order valence-electron chi connectivity index (χ1n) is 26.3. The van der Waals surface area contributed by atoms with Crippen LogP contribution in [-0.4, -0.2) is 232 Å². The molecular formula is C49H82N3O26P. The Morgan fingerprint density at radius 3 is 1.75 bits per heavy atom. The van der Waals surface area contributed by atoms with Crippen LogP contribution in [0, 0.1) is 0 Å². The molecule has 0 aromatic heterocycles. The minimum atomic E-state index is -4.69. The van der Waals surface area contributed by atoms with Crippen molar-refractivity contribution in [3.05, 3.63) is 24.3 Å². The molecule has 0 aliphatic carbocycles. The maximum atomic E-state index is 12.6. The standard InChI is InChI=1S/C49H82N3O26P/c1-5-7-9-18-36(60)70-26-31(73-37(61)19-10-8-6-2)27-72-79(67,68)71-22-20-50-35(59)17-12-11-15-30(58)16-13-14-21-69-47-39(52-29(4)57)43(65)45(34(25-55)76-47)77-49-44(66)46(41(63)33(24-54)75-49)78-48-38(51-28(3)56)42(64)40(62)32(23-53)74-48/h7-10,31-34,38-49,53-55,62-66H,5-6,11-27H2,1-4H3,(H,50,59)(H,51,56)(H,52,57)(H,67,68)/b9-7-,10-8-/t31?,32?,33?,34?,38?,39?,40-,41-,42+,43+,44?,45+,46-,47+,48-,49-/m0/s1. The van der Waals surface area contributed by atoms with Gasteiger partial charge in [0.1, 0.15) is 85.5 Å². The van der Waals surface area contributed by atoms with Gasteiger partial charge in [0.15, 0.2) is 25.0 Å². The highest BCUT2D eigenvalue weighted by Gasteiger charge is 2.54. The van der Waals surface area contributed by atoms with Crippen molar-refractivity contribution >= 4 is 43.3 Å². The van der Waals surface area contributed by atoms with Gasteiger partial charge in [-0.2, -0.15) is 0 Å². The molecule has 0 bridgehead atoms. The van der Waals surface area contributed by atoms with Gasteiger partial charge in [0, 0.05) is 46.3 Å². The molecule has 0 saturated carbocycles. The van der Waals surface area contributed by atoms with Crippen molar-refractivity contribution < 1.29 is 126 Å². The number of ether oxygens (including phenoxy) is 8. The summed E-state index contributed by atoms with van der Waals surface area (Å²) >= 11 is 0.